The second-order valence-electron chi connectivity index (χ2n) is 5.98. The van der Waals surface area contributed by atoms with Gasteiger partial charge in [0, 0.05) is 0 Å². The van der Waals surface area contributed by atoms with Crippen LogP contribution in [0.5, 0.6) is 0 Å². The fourth-order valence-corrected chi connectivity index (χ4v) is 3.98. The van der Waals surface area contributed by atoms with Crippen LogP contribution in [0.15, 0.2) is 0 Å². The van der Waals surface area contributed by atoms with Gasteiger partial charge in [0.25, 0.3) is 6.43 Å². The number of esters is 1. The number of halogens is 5. The van der Waals surface area contributed by atoms with Crippen molar-refractivity contribution >= 4 is 5.97 Å². The minimum atomic E-state index is -4.76. The Labute approximate surface area is 113 Å². The molecule has 0 aromatic rings. The van der Waals surface area contributed by atoms with Crippen LogP contribution in [0.2, 0.25) is 0 Å². The normalized spacial score (nSPS) is 40.4. The summed E-state index contributed by atoms with van der Waals surface area (Å²) in [7, 11) is 0. The molecule has 116 valence electrons. The molecule has 2 rings (SSSR count). The summed E-state index contributed by atoms with van der Waals surface area (Å²) in [5.74, 6) is -2.76. The summed E-state index contributed by atoms with van der Waals surface area (Å²) in [6.07, 6.45) is -7.75. The highest BCUT2D eigenvalue weighted by Crippen LogP contribution is 2.66. The SMILES string of the molecule is CC1C2CC(C1C)C(C(=O)OCC(F)F)(C(F)(F)F)C2. The molecule has 2 aliphatic rings. The van der Waals surface area contributed by atoms with Crippen molar-refractivity contribution in [1.29, 1.82) is 0 Å². The molecule has 0 N–H and O–H groups in total. The topological polar surface area (TPSA) is 26.3 Å². The van der Waals surface area contributed by atoms with E-state index in [4.69, 9.17) is 0 Å². The van der Waals surface area contributed by atoms with Crippen molar-refractivity contribution in [3.8, 4) is 0 Å². The first kappa shape index (κ1) is 15.5. The molecule has 0 spiro atoms. The van der Waals surface area contributed by atoms with Crippen LogP contribution in [-0.2, 0) is 9.53 Å². The van der Waals surface area contributed by atoms with Crippen LogP contribution >= 0.6 is 0 Å². The molecule has 0 aromatic carbocycles. The minimum absolute atomic E-state index is 0.110. The highest BCUT2D eigenvalue weighted by atomic mass is 19.4. The Balaban J connectivity index is 2.28. The van der Waals surface area contributed by atoms with Crippen molar-refractivity contribution in [2.24, 2.45) is 29.1 Å². The van der Waals surface area contributed by atoms with Gasteiger partial charge >= 0.3 is 12.1 Å². The van der Waals surface area contributed by atoms with Crippen molar-refractivity contribution < 1.29 is 31.5 Å². The average molecular weight is 300 g/mol. The van der Waals surface area contributed by atoms with Crippen molar-refractivity contribution in [2.45, 2.75) is 39.3 Å². The summed E-state index contributed by atoms with van der Waals surface area (Å²) < 4.78 is 68.8. The van der Waals surface area contributed by atoms with Crippen molar-refractivity contribution in [2.75, 3.05) is 6.61 Å². The van der Waals surface area contributed by atoms with Gasteiger partial charge in [0.05, 0.1) is 0 Å². The fraction of sp³-hybridized carbons (Fsp3) is 0.923. The molecule has 5 unspecified atom stereocenters. The molecule has 2 nitrogen and oxygen atoms in total. The standard InChI is InChI=1S/C13H17F5O2/c1-6-7(2)9-3-8(6)4-12(9,13(16,17)18)11(19)20-5-10(14)15/h6-10H,3-5H2,1-2H3. The highest BCUT2D eigenvalue weighted by molar-refractivity contribution is 5.79. The van der Waals surface area contributed by atoms with Gasteiger partial charge in [0.2, 0.25) is 0 Å². The van der Waals surface area contributed by atoms with Crippen LogP contribution in [0.25, 0.3) is 0 Å². The zero-order valence-electron chi connectivity index (χ0n) is 11.2. The Kier molecular flexibility index (Phi) is 3.75. The van der Waals surface area contributed by atoms with E-state index in [1.54, 1.807) is 6.92 Å². The molecule has 2 bridgehead atoms. The lowest BCUT2D eigenvalue weighted by atomic mass is 9.65. The van der Waals surface area contributed by atoms with Gasteiger partial charge in [-0.25, -0.2) is 8.78 Å². The first-order chi connectivity index (χ1) is 9.11. The number of rotatable bonds is 3. The highest BCUT2D eigenvalue weighted by Gasteiger charge is 2.73. The summed E-state index contributed by atoms with van der Waals surface area (Å²) in [5.41, 5.74) is -2.60. The summed E-state index contributed by atoms with van der Waals surface area (Å²) in [6.45, 7) is 2.29. The Morgan fingerprint density at radius 3 is 2.30 bits per heavy atom. The van der Waals surface area contributed by atoms with Gasteiger partial charge < -0.3 is 4.74 Å². The van der Waals surface area contributed by atoms with Crippen molar-refractivity contribution in [3.05, 3.63) is 0 Å². The molecule has 0 heterocycles. The van der Waals surface area contributed by atoms with Gasteiger partial charge in [-0.3, -0.25) is 4.79 Å². The van der Waals surface area contributed by atoms with Crippen LogP contribution in [-0.4, -0.2) is 25.2 Å². The van der Waals surface area contributed by atoms with Crippen molar-refractivity contribution in [1.82, 2.24) is 0 Å². The van der Waals surface area contributed by atoms with Crippen LogP contribution in [0, 0.1) is 29.1 Å². The maximum absolute atomic E-state index is 13.5. The molecule has 2 fully saturated rings. The van der Waals surface area contributed by atoms with E-state index in [1.807, 2.05) is 6.92 Å². The third-order valence-electron chi connectivity index (χ3n) is 5.19. The second kappa shape index (κ2) is 4.84. The predicted molar refractivity (Wildman–Crippen MR) is 60.0 cm³/mol. The lowest BCUT2D eigenvalue weighted by molar-refractivity contribution is -0.255. The maximum atomic E-state index is 13.5. The maximum Gasteiger partial charge on any atom is 0.405 e. The Bertz CT molecular complexity index is 393. The number of hydrogen-bond acceptors (Lipinski definition) is 2. The summed E-state index contributed by atoms with van der Waals surface area (Å²) in [5, 5.41) is 0. The zero-order chi connectivity index (χ0) is 15.3. The van der Waals surface area contributed by atoms with E-state index in [0.29, 0.717) is 6.42 Å². The van der Waals surface area contributed by atoms with Gasteiger partial charge in [-0.15, -0.1) is 0 Å². The number of alkyl halides is 5. The number of hydrogen-bond donors (Lipinski definition) is 0. The molecule has 2 aliphatic carbocycles. The van der Waals surface area contributed by atoms with Gasteiger partial charge in [0.1, 0.15) is 0 Å². The molecule has 0 amide bonds. The van der Waals surface area contributed by atoms with Gasteiger partial charge in [0.15, 0.2) is 12.0 Å². The van der Waals surface area contributed by atoms with Crippen LogP contribution in [0.1, 0.15) is 26.7 Å². The number of fused-ring (bicyclic) bond motifs is 2. The largest absolute Gasteiger partial charge is 0.459 e. The lowest BCUT2D eigenvalue weighted by Crippen LogP contribution is -2.53. The number of carbonyl (C=O) groups is 1. The lowest BCUT2D eigenvalue weighted by Gasteiger charge is -2.41. The average Bonchev–Trinajstić information content (AvgIpc) is 2.84. The molecule has 5 atom stereocenters. The zero-order valence-corrected chi connectivity index (χ0v) is 11.2. The summed E-state index contributed by atoms with van der Waals surface area (Å²) in [6, 6.07) is 0. The quantitative estimate of drug-likeness (QED) is 0.587. The molecule has 20 heavy (non-hydrogen) atoms. The first-order valence-electron chi connectivity index (χ1n) is 6.63. The van der Waals surface area contributed by atoms with Crippen molar-refractivity contribution in [3.63, 3.8) is 0 Å². The minimum Gasteiger partial charge on any atom is -0.459 e. The van der Waals surface area contributed by atoms with E-state index in [9.17, 15) is 26.7 Å². The van der Waals surface area contributed by atoms with Crippen LogP contribution in [0.4, 0.5) is 22.0 Å². The van der Waals surface area contributed by atoms with Gasteiger partial charge in [-0.2, -0.15) is 13.2 Å². The van der Waals surface area contributed by atoms with Gasteiger partial charge in [-0.1, -0.05) is 13.8 Å². The van der Waals surface area contributed by atoms with E-state index in [0.717, 1.165) is 0 Å². The summed E-state index contributed by atoms with van der Waals surface area (Å²) >= 11 is 0. The Hall–Kier alpha value is -0.880. The van der Waals surface area contributed by atoms with E-state index in [-0.39, 0.29) is 24.2 Å². The van der Waals surface area contributed by atoms with E-state index in [2.05, 4.69) is 4.74 Å². The molecule has 2 saturated carbocycles. The summed E-state index contributed by atoms with van der Waals surface area (Å²) in [4.78, 5) is 11.9. The molecule has 0 aromatic heterocycles. The van der Waals surface area contributed by atoms with Crippen LogP contribution in [0.3, 0.4) is 0 Å². The van der Waals surface area contributed by atoms with E-state index >= 15 is 0 Å². The van der Waals surface area contributed by atoms with E-state index < -0.39 is 36.5 Å². The molecule has 0 saturated heterocycles. The van der Waals surface area contributed by atoms with E-state index in [1.165, 1.54) is 0 Å². The third kappa shape index (κ3) is 2.09. The molecule has 0 radical (unpaired) electrons. The molecule has 0 aliphatic heterocycles. The monoisotopic (exact) mass is 300 g/mol. The first-order valence-corrected chi connectivity index (χ1v) is 6.63. The molecular formula is C13H17F5O2. The fourth-order valence-electron chi connectivity index (χ4n) is 3.98. The molecular weight excluding hydrogens is 283 g/mol. The number of carbonyl (C=O) groups excluding carboxylic acids is 1. The smallest absolute Gasteiger partial charge is 0.405 e. The second-order valence-corrected chi connectivity index (χ2v) is 5.98. The number of ether oxygens (including phenoxy) is 1. The Morgan fingerprint density at radius 2 is 1.90 bits per heavy atom. The van der Waals surface area contributed by atoms with Gasteiger partial charge in [-0.05, 0) is 36.5 Å². The Morgan fingerprint density at radius 1 is 1.30 bits per heavy atom. The predicted octanol–water partition coefficient (Wildman–Crippen LogP) is 3.66. The third-order valence-corrected chi connectivity index (χ3v) is 5.19. The van der Waals surface area contributed by atoms with Crippen LogP contribution < -0.4 is 0 Å². The molecule has 7 heteroatoms.